The minimum atomic E-state index is -0.395. The van der Waals surface area contributed by atoms with Crippen LogP contribution in [-0.2, 0) is 4.79 Å². The molecule has 1 rings (SSSR count). The molecule has 76 valence electrons. The Morgan fingerprint density at radius 3 is 2.86 bits per heavy atom. The SMILES string of the molecule is CCOc1cc(C(C)C=O)ccc1F. The Hall–Kier alpha value is -1.38. The topological polar surface area (TPSA) is 26.3 Å². The Kier molecular flexibility index (Phi) is 3.63. The Labute approximate surface area is 82.7 Å². The number of halogens is 1. The fourth-order valence-corrected chi connectivity index (χ4v) is 1.15. The quantitative estimate of drug-likeness (QED) is 0.692. The van der Waals surface area contributed by atoms with E-state index in [1.807, 2.05) is 0 Å². The second-order valence-electron chi connectivity index (χ2n) is 3.05. The van der Waals surface area contributed by atoms with Gasteiger partial charge in [0.15, 0.2) is 11.6 Å². The van der Waals surface area contributed by atoms with Crippen LogP contribution in [0.15, 0.2) is 18.2 Å². The van der Waals surface area contributed by atoms with Crippen molar-refractivity contribution in [2.24, 2.45) is 0 Å². The average molecular weight is 196 g/mol. The summed E-state index contributed by atoms with van der Waals surface area (Å²) in [7, 11) is 0. The fraction of sp³-hybridized carbons (Fsp3) is 0.364. The van der Waals surface area contributed by atoms with E-state index in [0.717, 1.165) is 11.8 Å². The van der Waals surface area contributed by atoms with Gasteiger partial charge in [-0.25, -0.2) is 4.39 Å². The molecular weight excluding hydrogens is 183 g/mol. The first-order chi connectivity index (χ1) is 6.69. The molecule has 0 N–H and O–H groups in total. The van der Waals surface area contributed by atoms with Gasteiger partial charge in [0.2, 0.25) is 0 Å². The maximum absolute atomic E-state index is 13.1. The van der Waals surface area contributed by atoms with Crippen molar-refractivity contribution in [1.29, 1.82) is 0 Å². The van der Waals surface area contributed by atoms with Crippen LogP contribution in [0.5, 0.6) is 5.75 Å². The molecule has 3 heteroatoms. The van der Waals surface area contributed by atoms with E-state index >= 15 is 0 Å². The van der Waals surface area contributed by atoms with Gasteiger partial charge in [-0.05, 0) is 24.6 Å². The summed E-state index contributed by atoms with van der Waals surface area (Å²) >= 11 is 0. The van der Waals surface area contributed by atoms with Crippen molar-refractivity contribution in [1.82, 2.24) is 0 Å². The van der Waals surface area contributed by atoms with Gasteiger partial charge in [0, 0.05) is 5.92 Å². The van der Waals surface area contributed by atoms with E-state index in [1.165, 1.54) is 6.07 Å². The van der Waals surface area contributed by atoms with Gasteiger partial charge in [-0.1, -0.05) is 13.0 Å². The van der Waals surface area contributed by atoms with Crippen molar-refractivity contribution < 1.29 is 13.9 Å². The predicted molar refractivity (Wildman–Crippen MR) is 52.0 cm³/mol. The lowest BCUT2D eigenvalue weighted by molar-refractivity contribution is -0.108. The van der Waals surface area contributed by atoms with Gasteiger partial charge in [-0.2, -0.15) is 0 Å². The van der Waals surface area contributed by atoms with Crippen LogP contribution in [0.4, 0.5) is 4.39 Å². The van der Waals surface area contributed by atoms with Crippen molar-refractivity contribution in [3.05, 3.63) is 29.6 Å². The number of hydrogen-bond acceptors (Lipinski definition) is 2. The third-order valence-electron chi connectivity index (χ3n) is 1.99. The van der Waals surface area contributed by atoms with E-state index in [1.54, 1.807) is 26.0 Å². The molecule has 0 heterocycles. The minimum absolute atomic E-state index is 0.207. The second-order valence-corrected chi connectivity index (χ2v) is 3.05. The average Bonchev–Trinajstić information content (AvgIpc) is 2.20. The van der Waals surface area contributed by atoms with Crippen molar-refractivity contribution in [3.8, 4) is 5.75 Å². The van der Waals surface area contributed by atoms with E-state index in [2.05, 4.69) is 0 Å². The molecule has 1 aromatic carbocycles. The number of ether oxygens (including phenoxy) is 1. The van der Waals surface area contributed by atoms with Crippen molar-refractivity contribution in [2.75, 3.05) is 6.61 Å². The number of carbonyl (C=O) groups is 1. The Morgan fingerprint density at radius 2 is 2.29 bits per heavy atom. The van der Waals surface area contributed by atoms with E-state index in [4.69, 9.17) is 4.74 Å². The first-order valence-electron chi connectivity index (χ1n) is 4.56. The highest BCUT2D eigenvalue weighted by Gasteiger charge is 2.08. The molecule has 2 nitrogen and oxygen atoms in total. The second kappa shape index (κ2) is 4.74. The first kappa shape index (κ1) is 10.7. The number of rotatable bonds is 4. The Morgan fingerprint density at radius 1 is 1.57 bits per heavy atom. The third kappa shape index (κ3) is 2.31. The lowest BCUT2D eigenvalue weighted by Crippen LogP contribution is -1.99. The monoisotopic (exact) mass is 196 g/mol. The van der Waals surface area contributed by atoms with Crippen molar-refractivity contribution >= 4 is 6.29 Å². The molecular formula is C11H13FO2. The van der Waals surface area contributed by atoms with E-state index in [9.17, 15) is 9.18 Å². The van der Waals surface area contributed by atoms with E-state index in [0.29, 0.717) is 6.61 Å². The van der Waals surface area contributed by atoms with E-state index < -0.39 is 5.82 Å². The van der Waals surface area contributed by atoms with Crippen LogP contribution in [0, 0.1) is 5.82 Å². The molecule has 1 atom stereocenters. The summed E-state index contributed by atoms with van der Waals surface area (Å²) in [5, 5.41) is 0. The minimum Gasteiger partial charge on any atom is -0.491 e. The Balaban J connectivity index is 2.99. The number of benzene rings is 1. The fourth-order valence-electron chi connectivity index (χ4n) is 1.15. The highest BCUT2D eigenvalue weighted by Crippen LogP contribution is 2.22. The molecule has 0 bridgehead atoms. The van der Waals surface area contributed by atoms with Gasteiger partial charge in [0.05, 0.1) is 6.61 Å². The molecule has 0 aliphatic heterocycles. The maximum Gasteiger partial charge on any atom is 0.165 e. The zero-order chi connectivity index (χ0) is 10.6. The van der Waals surface area contributed by atoms with Crippen molar-refractivity contribution in [2.45, 2.75) is 19.8 Å². The summed E-state index contributed by atoms with van der Waals surface area (Å²) < 4.78 is 18.2. The van der Waals surface area contributed by atoms with Crippen LogP contribution in [-0.4, -0.2) is 12.9 Å². The molecule has 0 radical (unpaired) electrons. The van der Waals surface area contributed by atoms with E-state index in [-0.39, 0.29) is 11.7 Å². The summed E-state index contributed by atoms with van der Waals surface area (Å²) in [6, 6.07) is 4.48. The van der Waals surface area contributed by atoms with Gasteiger partial charge in [0.25, 0.3) is 0 Å². The van der Waals surface area contributed by atoms with Gasteiger partial charge < -0.3 is 9.53 Å². The van der Waals surface area contributed by atoms with Crippen LogP contribution in [0.1, 0.15) is 25.3 Å². The summed E-state index contributed by atoms with van der Waals surface area (Å²) in [6.07, 6.45) is 0.822. The lowest BCUT2D eigenvalue weighted by atomic mass is 10.0. The smallest absolute Gasteiger partial charge is 0.165 e. The van der Waals surface area contributed by atoms with Crippen LogP contribution in [0.2, 0.25) is 0 Å². The van der Waals surface area contributed by atoms with Crippen LogP contribution >= 0.6 is 0 Å². The number of hydrogen-bond donors (Lipinski definition) is 0. The molecule has 0 aromatic heterocycles. The van der Waals surface area contributed by atoms with Crippen LogP contribution < -0.4 is 4.74 Å². The van der Waals surface area contributed by atoms with Gasteiger partial charge in [0.1, 0.15) is 6.29 Å². The molecule has 0 aliphatic rings. The van der Waals surface area contributed by atoms with Crippen LogP contribution in [0.25, 0.3) is 0 Å². The zero-order valence-electron chi connectivity index (χ0n) is 8.29. The van der Waals surface area contributed by atoms with Gasteiger partial charge in [-0.3, -0.25) is 0 Å². The lowest BCUT2D eigenvalue weighted by Gasteiger charge is -2.08. The molecule has 0 saturated heterocycles. The molecule has 0 spiro atoms. The standard InChI is InChI=1S/C11H13FO2/c1-3-14-11-6-9(8(2)7-13)4-5-10(11)12/h4-8H,3H2,1-2H3. The molecule has 14 heavy (non-hydrogen) atoms. The number of carbonyl (C=O) groups excluding carboxylic acids is 1. The maximum atomic E-state index is 13.1. The highest BCUT2D eigenvalue weighted by atomic mass is 19.1. The summed E-state index contributed by atoms with van der Waals surface area (Å²) in [5.74, 6) is -0.415. The summed E-state index contributed by atoms with van der Waals surface area (Å²) in [6.45, 7) is 3.96. The molecule has 0 saturated carbocycles. The van der Waals surface area contributed by atoms with Gasteiger partial charge >= 0.3 is 0 Å². The third-order valence-corrected chi connectivity index (χ3v) is 1.99. The van der Waals surface area contributed by atoms with Crippen molar-refractivity contribution in [3.63, 3.8) is 0 Å². The molecule has 0 fully saturated rings. The Bertz CT molecular complexity index is 323. The van der Waals surface area contributed by atoms with Crippen LogP contribution in [0.3, 0.4) is 0 Å². The molecule has 1 unspecified atom stereocenters. The van der Waals surface area contributed by atoms with Gasteiger partial charge in [-0.15, -0.1) is 0 Å². The molecule has 0 amide bonds. The highest BCUT2D eigenvalue weighted by molar-refractivity contribution is 5.61. The molecule has 0 aliphatic carbocycles. The molecule has 1 aromatic rings. The first-order valence-corrected chi connectivity index (χ1v) is 4.56. The normalized spacial score (nSPS) is 12.2. The summed E-state index contributed by atoms with van der Waals surface area (Å²) in [5.41, 5.74) is 0.768. The predicted octanol–water partition coefficient (Wildman–Crippen LogP) is 2.53. The number of aldehydes is 1. The largest absolute Gasteiger partial charge is 0.491 e. The summed E-state index contributed by atoms with van der Waals surface area (Å²) in [4.78, 5) is 10.5. The zero-order valence-corrected chi connectivity index (χ0v) is 8.29.